The fourth-order valence-electron chi connectivity index (χ4n) is 3.95. The van der Waals surface area contributed by atoms with Gasteiger partial charge in [-0.3, -0.25) is 4.79 Å². The van der Waals surface area contributed by atoms with Gasteiger partial charge in [0.1, 0.15) is 0 Å². The number of carbonyl (C=O) groups excluding carboxylic acids is 2. The fraction of sp³-hybridized carbons (Fsp3) is 0.391. The standard InChI is InChI=1S/C23H27N3O2/c1-17-6-4-8-19(14-17)23(10-11-23)21(27)24-16-18-7-5-9-20(15-18)25-22(28)26-12-2-3-13-26/h4-9,14-15H,2-3,10-13,16H2,1H3,(H,24,27)(H,25,28). The van der Waals surface area contributed by atoms with Crippen molar-refractivity contribution >= 4 is 17.6 Å². The predicted octanol–water partition coefficient (Wildman–Crippen LogP) is 3.97. The van der Waals surface area contributed by atoms with Crippen molar-refractivity contribution in [2.75, 3.05) is 18.4 Å². The van der Waals surface area contributed by atoms with E-state index in [-0.39, 0.29) is 17.4 Å². The third kappa shape index (κ3) is 3.88. The Bertz CT molecular complexity index is 883. The Morgan fingerprint density at radius 1 is 1.04 bits per heavy atom. The van der Waals surface area contributed by atoms with Gasteiger partial charge in [-0.25, -0.2) is 4.79 Å². The van der Waals surface area contributed by atoms with Gasteiger partial charge < -0.3 is 15.5 Å². The number of benzene rings is 2. The molecule has 0 atom stereocenters. The van der Waals surface area contributed by atoms with Gasteiger partial charge in [0.05, 0.1) is 5.41 Å². The normalized spacial score (nSPS) is 17.2. The van der Waals surface area contributed by atoms with Crippen LogP contribution in [0.2, 0.25) is 0 Å². The smallest absolute Gasteiger partial charge is 0.321 e. The van der Waals surface area contributed by atoms with Gasteiger partial charge in [0.15, 0.2) is 0 Å². The number of aryl methyl sites for hydroxylation is 1. The van der Waals surface area contributed by atoms with Crippen molar-refractivity contribution in [1.82, 2.24) is 10.2 Å². The van der Waals surface area contributed by atoms with Crippen molar-refractivity contribution in [2.24, 2.45) is 0 Å². The van der Waals surface area contributed by atoms with E-state index in [9.17, 15) is 9.59 Å². The fourth-order valence-corrected chi connectivity index (χ4v) is 3.95. The topological polar surface area (TPSA) is 61.4 Å². The molecule has 0 spiro atoms. The molecule has 1 aliphatic heterocycles. The third-order valence-corrected chi connectivity index (χ3v) is 5.78. The third-order valence-electron chi connectivity index (χ3n) is 5.78. The summed E-state index contributed by atoms with van der Waals surface area (Å²) in [7, 11) is 0. The summed E-state index contributed by atoms with van der Waals surface area (Å²) >= 11 is 0. The molecule has 1 heterocycles. The highest BCUT2D eigenvalue weighted by molar-refractivity contribution is 5.91. The molecule has 0 aromatic heterocycles. The summed E-state index contributed by atoms with van der Waals surface area (Å²) in [5, 5.41) is 6.05. The Balaban J connectivity index is 1.37. The first kappa shape index (κ1) is 18.5. The number of nitrogens with zero attached hydrogens (tertiary/aromatic N) is 1. The van der Waals surface area contributed by atoms with E-state index in [0.29, 0.717) is 6.54 Å². The predicted molar refractivity (Wildman–Crippen MR) is 110 cm³/mol. The average molecular weight is 377 g/mol. The second-order valence-electron chi connectivity index (χ2n) is 7.96. The maximum atomic E-state index is 12.9. The number of rotatable bonds is 5. The Morgan fingerprint density at radius 3 is 2.50 bits per heavy atom. The van der Waals surface area contributed by atoms with Gasteiger partial charge in [-0.1, -0.05) is 42.0 Å². The van der Waals surface area contributed by atoms with Crippen LogP contribution < -0.4 is 10.6 Å². The Hall–Kier alpha value is -2.82. The van der Waals surface area contributed by atoms with Crippen molar-refractivity contribution in [1.29, 1.82) is 0 Å². The molecule has 2 aliphatic rings. The lowest BCUT2D eigenvalue weighted by Crippen LogP contribution is -2.34. The van der Waals surface area contributed by atoms with Crippen LogP contribution in [0.3, 0.4) is 0 Å². The van der Waals surface area contributed by atoms with E-state index in [1.54, 1.807) is 0 Å². The highest BCUT2D eigenvalue weighted by atomic mass is 16.2. The van der Waals surface area contributed by atoms with Crippen LogP contribution in [0.4, 0.5) is 10.5 Å². The van der Waals surface area contributed by atoms with Crippen LogP contribution in [-0.2, 0) is 16.8 Å². The van der Waals surface area contributed by atoms with Gasteiger partial charge in [-0.2, -0.15) is 0 Å². The van der Waals surface area contributed by atoms with Gasteiger partial charge in [0, 0.05) is 25.3 Å². The lowest BCUT2D eigenvalue weighted by molar-refractivity contribution is -0.123. The van der Waals surface area contributed by atoms with E-state index in [0.717, 1.165) is 55.6 Å². The van der Waals surface area contributed by atoms with E-state index >= 15 is 0 Å². The molecule has 4 rings (SSSR count). The van der Waals surface area contributed by atoms with Crippen molar-refractivity contribution < 1.29 is 9.59 Å². The molecule has 0 unspecified atom stereocenters. The first-order valence-corrected chi connectivity index (χ1v) is 10.1. The van der Waals surface area contributed by atoms with Crippen LogP contribution >= 0.6 is 0 Å². The van der Waals surface area contributed by atoms with E-state index < -0.39 is 0 Å². The second-order valence-corrected chi connectivity index (χ2v) is 7.96. The van der Waals surface area contributed by atoms with Crippen LogP contribution in [0.15, 0.2) is 48.5 Å². The Labute approximate surface area is 166 Å². The molecule has 5 heteroatoms. The molecule has 2 N–H and O–H groups in total. The first-order valence-electron chi connectivity index (χ1n) is 10.1. The molecule has 2 aromatic carbocycles. The van der Waals surface area contributed by atoms with Crippen LogP contribution in [0.5, 0.6) is 0 Å². The maximum Gasteiger partial charge on any atom is 0.321 e. The van der Waals surface area contributed by atoms with Crippen LogP contribution in [0, 0.1) is 6.92 Å². The van der Waals surface area contributed by atoms with Gasteiger partial charge in [0.25, 0.3) is 0 Å². The van der Waals surface area contributed by atoms with E-state index in [2.05, 4.69) is 29.7 Å². The van der Waals surface area contributed by atoms with Gasteiger partial charge in [-0.05, 0) is 55.9 Å². The number of hydrogen-bond acceptors (Lipinski definition) is 2. The van der Waals surface area contributed by atoms with Gasteiger partial charge in [-0.15, -0.1) is 0 Å². The quantitative estimate of drug-likeness (QED) is 0.828. The summed E-state index contributed by atoms with van der Waals surface area (Å²) < 4.78 is 0. The van der Waals surface area contributed by atoms with Crippen LogP contribution in [0.1, 0.15) is 42.4 Å². The number of anilines is 1. The highest BCUT2D eigenvalue weighted by Crippen LogP contribution is 2.48. The summed E-state index contributed by atoms with van der Waals surface area (Å²) in [5.41, 5.74) is 3.67. The van der Waals surface area contributed by atoms with Crippen molar-refractivity contribution in [2.45, 2.75) is 44.6 Å². The first-order chi connectivity index (χ1) is 13.6. The molecule has 5 nitrogen and oxygen atoms in total. The van der Waals surface area contributed by atoms with E-state index in [1.165, 1.54) is 5.56 Å². The monoisotopic (exact) mass is 377 g/mol. The summed E-state index contributed by atoms with van der Waals surface area (Å²) in [5.74, 6) is 0.0876. The SMILES string of the molecule is Cc1cccc(C2(C(=O)NCc3cccc(NC(=O)N4CCCC4)c3)CC2)c1. The number of hydrogen-bond donors (Lipinski definition) is 2. The molecule has 0 bridgehead atoms. The molecule has 146 valence electrons. The summed E-state index contributed by atoms with van der Waals surface area (Å²) in [6, 6.07) is 15.9. The van der Waals surface area contributed by atoms with E-state index in [4.69, 9.17) is 0 Å². The average Bonchev–Trinajstić information content (AvgIpc) is 3.32. The molecule has 1 saturated carbocycles. The van der Waals surface area contributed by atoms with Crippen molar-refractivity contribution in [3.63, 3.8) is 0 Å². The molecular formula is C23H27N3O2. The number of likely N-dealkylation sites (tertiary alicyclic amines) is 1. The van der Waals surface area contributed by atoms with Crippen molar-refractivity contribution in [3.05, 3.63) is 65.2 Å². The minimum atomic E-state index is -0.367. The molecule has 1 saturated heterocycles. The minimum Gasteiger partial charge on any atom is -0.351 e. The summed E-state index contributed by atoms with van der Waals surface area (Å²) in [4.78, 5) is 27.0. The highest BCUT2D eigenvalue weighted by Gasteiger charge is 2.51. The largest absolute Gasteiger partial charge is 0.351 e. The Morgan fingerprint density at radius 2 is 1.79 bits per heavy atom. The number of amides is 3. The van der Waals surface area contributed by atoms with E-state index in [1.807, 2.05) is 41.3 Å². The molecule has 2 fully saturated rings. The molecule has 28 heavy (non-hydrogen) atoms. The lowest BCUT2D eigenvalue weighted by Gasteiger charge is -2.18. The number of nitrogens with one attached hydrogen (secondary N) is 2. The van der Waals surface area contributed by atoms with Gasteiger partial charge >= 0.3 is 6.03 Å². The second kappa shape index (κ2) is 7.66. The Kier molecular flexibility index (Phi) is 5.07. The molecule has 3 amide bonds. The summed E-state index contributed by atoms with van der Waals surface area (Å²) in [6.07, 6.45) is 3.94. The van der Waals surface area contributed by atoms with Crippen LogP contribution in [-0.4, -0.2) is 29.9 Å². The zero-order valence-electron chi connectivity index (χ0n) is 16.3. The molecule has 2 aromatic rings. The lowest BCUT2D eigenvalue weighted by atomic mass is 9.93. The van der Waals surface area contributed by atoms with Crippen LogP contribution in [0.25, 0.3) is 0 Å². The minimum absolute atomic E-state index is 0.0462. The molecule has 1 aliphatic carbocycles. The zero-order valence-corrected chi connectivity index (χ0v) is 16.3. The summed E-state index contributed by atoms with van der Waals surface area (Å²) in [6.45, 7) is 4.16. The number of urea groups is 1. The van der Waals surface area contributed by atoms with Gasteiger partial charge in [0.2, 0.25) is 5.91 Å². The maximum absolute atomic E-state index is 12.9. The van der Waals surface area contributed by atoms with Crippen molar-refractivity contribution in [3.8, 4) is 0 Å². The molecular weight excluding hydrogens is 350 g/mol. The molecule has 0 radical (unpaired) electrons. The number of carbonyl (C=O) groups is 2. The zero-order chi connectivity index (χ0) is 19.6.